The number of urea groups is 1. The number of imide groups is 1. The number of aromatic amines is 1. The molecule has 0 saturated heterocycles. The summed E-state index contributed by atoms with van der Waals surface area (Å²) in [5, 5.41) is 11.3. The Labute approximate surface area is 179 Å². The zero-order valence-electron chi connectivity index (χ0n) is 17.0. The number of carbonyl (C=O) groups excluding carboxylic acids is 2. The van der Waals surface area contributed by atoms with Crippen LogP contribution in [0.4, 0.5) is 4.79 Å². The monoisotopic (exact) mass is 442 g/mol. The Kier molecular flexibility index (Phi) is 6.65. The van der Waals surface area contributed by atoms with Crippen molar-refractivity contribution < 1.29 is 18.0 Å². The molecule has 0 atom stereocenters. The maximum Gasteiger partial charge on any atom is 0.321 e. The summed E-state index contributed by atoms with van der Waals surface area (Å²) in [6, 6.07) is 10.6. The minimum Gasteiger partial charge on any atom is -0.338 e. The van der Waals surface area contributed by atoms with E-state index in [1.165, 1.54) is 29.0 Å². The Morgan fingerprint density at radius 2 is 1.90 bits per heavy atom. The fraction of sp³-hybridized carbons (Fsp3) is 0.200. The first-order valence-corrected chi connectivity index (χ1v) is 10.9. The molecule has 0 radical (unpaired) electrons. The molecule has 0 saturated carbocycles. The molecule has 0 aliphatic rings. The molecule has 0 aliphatic carbocycles. The van der Waals surface area contributed by atoms with Gasteiger partial charge in [0.25, 0.3) is 10.0 Å². The molecular weight excluding hydrogens is 420 g/mol. The molecule has 162 valence electrons. The normalized spacial score (nSPS) is 11.9. The van der Waals surface area contributed by atoms with Gasteiger partial charge in [-0.25, -0.2) is 4.79 Å². The molecule has 0 unspecified atom stereocenters. The third-order valence-electron chi connectivity index (χ3n) is 4.26. The number of aromatic nitrogens is 3. The molecule has 2 heterocycles. The van der Waals surface area contributed by atoms with Crippen LogP contribution in [0, 0.1) is 6.92 Å². The maximum absolute atomic E-state index is 12.8. The Morgan fingerprint density at radius 1 is 1.16 bits per heavy atom. The number of hydrogen-bond acceptors (Lipinski definition) is 5. The zero-order chi connectivity index (χ0) is 22.4. The van der Waals surface area contributed by atoms with E-state index >= 15 is 0 Å². The second-order valence-corrected chi connectivity index (χ2v) is 8.26. The molecular formula is C20H22N6O4S. The lowest BCUT2D eigenvalue weighted by atomic mass is 10.2. The van der Waals surface area contributed by atoms with Gasteiger partial charge in [-0.15, -0.1) is 4.40 Å². The summed E-state index contributed by atoms with van der Waals surface area (Å²) in [5.74, 6) is -0.616. The molecule has 2 aromatic heterocycles. The van der Waals surface area contributed by atoms with Crippen molar-refractivity contribution in [3.8, 4) is 11.3 Å². The average Bonchev–Trinajstić information content (AvgIpc) is 3.24. The molecule has 0 fully saturated rings. The van der Waals surface area contributed by atoms with Crippen molar-refractivity contribution in [2.24, 2.45) is 4.40 Å². The number of aryl methyl sites for hydroxylation is 1. The number of carbonyl (C=O) groups is 2. The van der Waals surface area contributed by atoms with Gasteiger partial charge in [0, 0.05) is 24.5 Å². The van der Waals surface area contributed by atoms with E-state index in [1.807, 2.05) is 6.92 Å². The van der Waals surface area contributed by atoms with Crippen LogP contribution in [0.3, 0.4) is 0 Å². The van der Waals surface area contributed by atoms with Gasteiger partial charge in [-0.3, -0.25) is 15.2 Å². The predicted molar refractivity (Wildman–Crippen MR) is 113 cm³/mol. The first-order valence-electron chi connectivity index (χ1n) is 9.44. The number of nitrogens with one attached hydrogen (secondary N) is 3. The van der Waals surface area contributed by atoms with E-state index in [0.29, 0.717) is 17.8 Å². The molecule has 3 aromatic rings. The summed E-state index contributed by atoms with van der Waals surface area (Å²) < 4.78 is 31.0. The first-order chi connectivity index (χ1) is 14.8. The second-order valence-electron chi connectivity index (χ2n) is 6.66. The Morgan fingerprint density at radius 3 is 2.55 bits per heavy atom. The van der Waals surface area contributed by atoms with Crippen LogP contribution in [0.1, 0.15) is 12.5 Å². The molecule has 10 nitrogen and oxygen atoms in total. The van der Waals surface area contributed by atoms with Crippen molar-refractivity contribution in [2.75, 3.05) is 6.54 Å². The quantitative estimate of drug-likeness (QED) is 0.529. The number of benzene rings is 1. The lowest BCUT2D eigenvalue weighted by Gasteiger charge is -2.10. The Balaban J connectivity index is 2.03. The average molecular weight is 443 g/mol. The van der Waals surface area contributed by atoms with Gasteiger partial charge in [0.2, 0.25) is 5.91 Å². The number of H-pyrrole nitrogens is 1. The van der Waals surface area contributed by atoms with E-state index in [-0.39, 0.29) is 16.9 Å². The summed E-state index contributed by atoms with van der Waals surface area (Å²) >= 11 is 0. The standard InChI is InChI=1S/C20H22N6O4S/c1-3-21-20(28)23-19(27)13-26-11-9-15(17-8-10-22-24-17)12-18(26)25-31(29,30)16-6-4-14(2)5-7-16/h4-12H,3,13H2,1-2H3,(H,22,24)(H2,21,23,27,28)/b25-18-. The summed E-state index contributed by atoms with van der Waals surface area (Å²) in [7, 11) is -4.04. The predicted octanol–water partition coefficient (Wildman–Crippen LogP) is 1.32. The van der Waals surface area contributed by atoms with Crippen molar-refractivity contribution in [2.45, 2.75) is 25.3 Å². The SMILES string of the molecule is CCNC(=O)NC(=O)Cn1ccc(-c2ccn[nH]2)c/c1=N/S(=O)(=O)c1ccc(C)cc1. The van der Waals surface area contributed by atoms with Crippen LogP contribution in [0.5, 0.6) is 0 Å². The molecule has 1 aromatic carbocycles. The maximum atomic E-state index is 12.8. The number of sulfonamides is 1. The Bertz CT molecular complexity index is 1250. The topological polar surface area (TPSA) is 138 Å². The number of amides is 3. The smallest absolute Gasteiger partial charge is 0.321 e. The molecule has 3 N–H and O–H groups in total. The molecule has 0 aliphatic heterocycles. The van der Waals surface area contributed by atoms with E-state index in [0.717, 1.165) is 5.56 Å². The van der Waals surface area contributed by atoms with E-state index in [4.69, 9.17) is 0 Å². The van der Waals surface area contributed by atoms with Crippen molar-refractivity contribution in [1.29, 1.82) is 0 Å². The first kappa shape index (κ1) is 22.0. The van der Waals surface area contributed by atoms with Crippen LogP contribution >= 0.6 is 0 Å². The molecule has 3 rings (SSSR count). The van der Waals surface area contributed by atoms with Gasteiger partial charge < -0.3 is 9.88 Å². The van der Waals surface area contributed by atoms with Crippen molar-refractivity contribution in [3.05, 3.63) is 65.9 Å². The third kappa shape index (κ3) is 5.66. The van der Waals surface area contributed by atoms with Crippen molar-refractivity contribution in [1.82, 2.24) is 25.4 Å². The summed E-state index contributed by atoms with van der Waals surface area (Å²) in [6.45, 7) is 3.63. The number of rotatable bonds is 6. The second kappa shape index (κ2) is 9.39. The summed E-state index contributed by atoms with van der Waals surface area (Å²) in [6.07, 6.45) is 3.09. The zero-order valence-corrected chi connectivity index (χ0v) is 17.8. The van der Waals surface area contributed by atoms with Gasteiger partial charge >= 0.3 is 6.03 Å². The molecule has 3 amide bonds. The third-order valence-corrected chi connectivity index (χ3v) is 5.56. The van der Waals surface area contributed by atoms with Gasteiger partial charge in [-0.05, 0) is 44.2 Å². The lowest BCUT2D eigenvalue weighted by molar-refractivity contribution is -0.120. The van der Waals surface area contributed by atoms with Gasteiger partial charge in [-0.1, -0.05) is 17.7 Å². The van der Waals surface area contributed by atoms with Crippen molar-refractivity contribution >= 4 is 22.0 Å². The van der Waals surface area contributed by atoms with Gasteiger partial charge in [0.05, 0.1) is 10.6 Å². The van der Waals surface area contributed by atoms with Gasteiger partial charge in [0.1, 0.15) is 12.0 Å². The van der Waals surface area contributed by atoms with Gasteiger partial charge in [0.15, 0.2) is 0 Å². The summed E-state index contributed by atoms with van der Waals surface area (Å²) in [5.41, 5.74) is 2.23. The van der Waals surface area contributed by atoms with E-state index in [2.05, 4.69) is 25.2 Å². The number of hydrogen-bond donors (Lipinski definition) is 3. The highest BCUT2D eigenvalue weighted by molar-refractivity contribution is 7.90. The highest BCUT2D eigenvalue weighted by Crippen LogP contribution is 2.15. The van der Waals surface area contributed by atoms with E-state index in [1.54, 1.807) is 37.4 Å². The van der Waals surface area contributed by atoms with Crippen LogP contribution < -0.4 is 16.1 Å². The highest BCUT2D eigenvalue weighted by atomic mass is 32.2. The van der Waals surface area contributed by atoms with E-state index in [9.17, 15) is 18.0 Å². The fourth-order valence-corrected chi connectivity index (χ4v) is 3.71. The minimum atomic E-state index is -4.04. The Hall–Kier alpha value is -3.73. The lowest BCUT2D eigenvalue weighted by Crippen LogP contribution is -2.42. The molecule has 31 heavy (non-hydrogen) atoms. The largest absolute Gasteiger partial charge is 0.338 e. The molecule has 0 spiro atoms. The number of nitrogens with zero attached hydrogens (tertiary/aromatic N) is 3. The van der Waals surface area contributed by atoms with Crippen LogP contribution in [0.2, 0.25) is 0 Å². The van der Waals surface area contributed by atoms with Crippen molar-refractivity contribution in [3.63, 3.8) is 0 Å². The highest BCUT2D eigenvalue weighted by Gasteiger charge is 2.14. The van der Waals surface area contributed by atoms with Crippen LogP contribution in [0.25, 0.3) is 11.3 Å². The van der Waals surface area contributed by atoms with Gasteiger partial charge in [-0.2, -0.15) is 13.5 Å². The van der Waals surface area contributed by atoms with Crippen LogP contribution in [0.15, 0.2) is 64.2 Å². The molecule has 0 bridgehead atoms. The van der Waals surface area contributed by atoms with Crippen LogP contribution in [-0.4, -0.2) is 41.7 Å². The van der Waals surface area contributed by atoms with E-state index < -0.39 is 22.0 Å². The molecule has 11 heteroatoms. The number of pyridine rings is 1. The minimum absolute atomic E-state index is 0.0266. The fourth-order valence-electron chi connectivity index (χ4n) is 2.73. The summed E-state index contributed by atoms with van der Waals surface area (Å²) in [4.78, 5) is 23.9. The van der Waals surface area contributed by atoms with Crippen LogP contribution in [-0.2, 0) is 21.4 Å².